The van der Waals surface area contributed by atoms with Crippen LogP contribution in [0.5, 0.6) is 0 Å². The van der Waals surface area contributed by atoms with Crippen LogP contribution in [0.3, 0.4) is 0 Å². The first kappa shape index (κ1) is 47.1. The van der Waals surface area contributed by atoms with Gasteiger partial charge in [0.25, 0.3) is 0 Å². The lowest BCUT2D eigenvalue weighted by Crippen LogP contribution is -2.65. The lowest BCUT2D eigenvalue weighted by atomic mass is 9.78. The Morgan fingerprint density at radius 2 is 1.71 bits per heavy atom. The molecule has 3 N–H and O–H groups in total. The Kier molecular flexibility index (Phi) is 18.4. The van der Waals surface area contributed by atoms with Crippen molar-refractivity contribution in [2.75, 3.05) is 21.2 Å². The number of hydrogen-bond donors (Lipinski definition) is 3. The van der Waals surface area contributed by atoms with Gasteiger partial charge in [0.2, 0.25) is 0 Å². The van der Waals surface area contributed by atoms with Crippen LogP contribution in [-0.4, -0.2) is 139 Å². The Morgan fingerprint density at radius 1 is 1.02 bits per heavy atom. The zero-order chi connectivity index (χ0) is 41.2. The summed E-state index contributed by atoms with van der Waals surface area (Å²) in [6.07, 6.45) is -1.85. The number of ether oxygens (including phenoxy) is 7. The summed E-state index contributed by atoms with van der Waals surface area (Å²) in [5, 5.41) is 34.4. The molecule has 14 heteroatoms. The van der Waals surface area contributed by atoms with Crippen molar-refractivity contribution in [3.8, 4) is 0 Å². The summed E-state index contributed by atoms with van der Waals surface area (Å²) in [7, 11) is 4.98. The zero-order valence-electron chi connectivity index (χ0n) is 34.7. The number of cyclic esters (lactones) is 1. The van der Waals surface area contributed by atoms with E-state index >= 15 is 0 Å². The number of carbonyl (C=O) groups excluding carboxylic acids is 3. The fraction of sp³-hybridized carbons (Fsp3) is 0.829. The fourth-order valence-corrected chi connectivity index (χ4v) is 8.03. The maximum absolute atomic E-state index is 12.9. The highest BCUT2D eigenvalue weighted by molar-refractivity contribution is 5.70. The van der Waals surface area contributed by atoms with E-state index in [4.69, 9.17) is 33.2 Å². The summed E-state index contributed by atoms with van der Waals surface area (Å²) in [4.78, 5) is 39.5. The number of methoxy groups -OCH3 is 1. The quantitative estimate of drug-likeness (QED) is 0.204. The molecule has 2 fully saturated rings. The summed E-state index contributed by atoms with van der Waals surface area (Å²) in [5.74, 6) is -1.73. The van der Waals surface area contributed by atoms with Gasteiger partial charge in [-0.25, -0.2) is 0 Å². The van der Waals surface area contributed by atoms with Crippen molar-refractivity contribution < 1.29 is 62.9 Å². The van der Waals surface area contributed by atoms with Gasteiger partial charge in [0.05, 0.1) is 43.0 Å². The Hall–Kier alpha value is -2.27. The molecular formula is C41H69NO13. The van der Waals surface area contributed by atoms with E-state index in [-0.39, 0.29) is 30.6 Å². The SMILES string of the molecule is CO[C@@H]1[C@@H](OC2OC(C)C(OC3CC(C)(C)C(OC(=O)CC(C)C)C(C)O3)C(N(C)C)C2O)[C@@H](CC=O)C[C@@H](C)[C@@H](O)/C=C/C=C/C[C@@H](C)OC(=O)C[C@H]1O. The molecule has 3 aliphatic heterocycles. The second-order valence-electron chi connectivity index (χ2n) is 17.0. The molecule has 0 saturated carbocycles. The number of esters is 2. The third-order valence-electron chi connectivity index (χ3n) is 10.9. The number of likely N-dealkylation sites (N-methyl/N-ethyl adjacent to an activating group) is 1. The number of nitrogens with zero attached hydrogens (tertiary/aromatic N) is 1. The third-order valence-corrected chi connectivity index (χ3v) is 10.9. The van der Waals surface area contributed by atoms with Gasteiger partial charge in [-0.15, -0.1) is 0 Å². The van der Waals surface area contributed by atoms with Crippen molar-refractivity contribution in [2.45, 2.75) is 174 Å². The van der Waals surface area contributed by atoms with E-state index in [0.29, 0.717) is 19.3 Å². The van der Waals surface area contributed by atoms with E-state index in [2.05, 4.69) is 0 Å². The molecule has 0 amide bonds. The van der Waals surface area contributed by atoms with Crippen molar-refractivity contribution in [1.82, 2.24) is 4.90 Å². The van der Waals surface area contributed by atoms with Crippen molar-refractivity contribution in [2.24, 2.45) is 23.2 Å². The van der Waals surface area contributed by atoms with Crippen LogP contribution in [-0.2, 0) is 47.5 Å². The summed E-state index contributed by atoms with van der Waals surface area (Å²) >= 11 is 0. The van der Waals surface area contributed by atoms with E-state index in [1.54, 1.807) is 46.2 Å². The molecule has 15 atom stereocenters. The van der Waals surface area contributed by atoms with E-state index < -0.39 is 103 Å². The van der Waals surface area contributed by atoms with Gasteiger partial charge >= 0.3 is 11.9 Å². The number of carbonyl (C=O) groups is 3. The Bertz CT molecular complexity index is 1270. The molecule has 0 aromatic heterocycles. The zero-order valence-corrected chi connectivity index (χ0v) is 34.7. The summed E-state index contributed by atoms with van der Waals surface area (Å²) in [6, 6.07) is -0.672. The first-order chi connectivity index (χ1) is 25.8. The Labute approximate surface area is 327 Å². The highest BCUT2D eigenvalue weighted by Gasteiger charge is 2.52. The molecule has 55 heavy (non-hydrogen) atoms. The number of allylic oxidation sites excluding steroid dienone is 2. The number of rotatable bonds is 11. The smallest absolute Gasteiger partial charge is 0.308 e. The third kappa shape index (κ3) is 13.4. The topological polar surface area (TPSA) is 180 Å². The van der Waals surface area contributed by atoms with Gasteiger partial charge in [-0.2, -0.15) is 0 Å². The summed E-state index contributed by atoms with van der Waals surface area (Å²) < 4.78 is 43.1. The van der Waals surface area contributed by atoms with Gasteiger partial charge in [0, 0.05) is 38.2 Å². The predicted molar refractivity (Wildman–Crippen MR) is 203 cm³/mol. The van der Waals surface area contributed by atoms with Gasteiger partial charge in [0.1, 0.15) is 36.8 Å². The predicted octanol–water partition coefficient (Wildman–Crippen LogP) is 3.72. The molecule has 3 rings (SSSR count). The second-order valence-corrected chi connectivity index (χ2v) is 17.0. The molecule has 2 saturated heterocycles. The highest BCUT2D eigenvalue weighted by atomic mass is 16.7. The Balaban J connectivity index is 1.90. The van der Waals surface area contributed by atoms with Crippen LogP contribution in [0.4, 0.5) is 0 Å². The van der Waals surface area contributed by atoms with E-state index in [9.17, 15) is 29.7 Å². The minimum Gasteiger partial charge on any atom is -0.462 e. The number of aliphatic hydroxyl groups excluding tert-OH is 3. The number of hydrogen-bond acceptors (Lipinski definition) is 14. The van der Waals surface area contributed by atoms with Crippen molar-refractivity contribution in [3.05, 3.63) is 24.3 Å². The van der Waals surface area contributed by atoms with Crippen LogP contribution in [0.2, 0.25) is 0 Å². The first-order valence-electron chi connectivity index (χ1n) is 19.8. The van der Waals surface area contributed by atoms with Gasteiger partial charge < -0.3 is 58.2 Å². The van der Waals surface area contributed by atoms with Crippen LogP contribution in [0.1, 0.15) is 93.9 Å². The molecule has 0 aliphatic carbocycles. The molecule has 0 spiro atoms. The maximum atomic E-state index is 12.9. The molecule has 14 nitrogen and oxygen atoms in total. The van der Waals surface area contributed by atoms with Crippen molar-refractivity contribution in [3.63, 3.8) is 0 Å². The molecule has 0 aromatic rings. The van der Waals surface area contributed by atoms with Gasteiger partial charge in [-0.05, 0) is 59.0 Å². The minimum atomic E-state index is -1.41. The van der Waals surface area contributed by atoms with Crippen LogP contribution in [0.25, 0.3) is 0 Å². The first-order valence-corrected chi connectivity index (χ1v) is 19.8. The lowest BCUT2D eigenvalue weighted by Gasteiger charge is -2.50. The highest BCUT2D eigenvalue weighted by Crippen LogP contribution is 2.41. The van der Waals surface area contributed by atoms with Crippen molar-refractivity contribution >= 4 is 18.2 Å². The van der Waals surface area contributed by atoms with Crippen LogP contribution >= 0.6 is 0 Å². The van der Waals surface area contributed by atoms with Crippen molar-refractivity contribution in [1.29, 1.82) is 0 Å². The average Bonchev–Trinajstić information content (AvgIpc) is 3.06. The van der Waals surface area contributed by atoms with Crippen LogP contribution in [0, 0.1) is 23.2 Å². The number of aliphatic hydroxyl groups is 3. The molecular weight excluding hydrogens is 714 g/mol. The second kappa shape index (κ2) is 21.5. The molecule has 3 aliphatic rings. The maximum Gasteiger partial charge on any atom is 0.308 e. The molecule has 3 heterocycles. The summed E-state index contributed by atoms with van der Waals surface area (Å²) in [5.41, 5.74) is -0.485. The van der Waals surface area contributed by atoms with Crippen LogP contribution < -0.4 is 0 Å². The van der Waals surface area contributed by atoms with E-state index in [1.165, 1.54) is 7.11 Å². The Morgan fingerprint density at radius 3 is 2.31 bits per heavy atom. The molecule has 0 radical (unpaired) electrons. The summed E-state index contributed by atoms with van der Waals surface area (Å²) in [6.45, 7) is 15.2. The van der Waals surface area contributed by atoms with E-state index in [0.717, 1.165) is 6.29 Å². The van der Waals surface area contributed by atoms with Gasteiger partial charge in [-0.3, -0.25) is 9.59 Å². The average molecular weight is 784 g/mol. The lowest BCUT2D eigenvalue weighted by molar-refractivity contribution is -0.340. The molecule has 0 bridgehead atoms. The number of aldehydes is 1. The van der Waals surface area contributed by atoms with E-state index in [1.807, 2.05) is 52.5 Å². The largest absolute Gasteiger partial charge is 0.462 e. The monoisotopic (exact) mass is 783 g/mol. The standard InChI is InChI=1S/C41H69NO13/c1-23(2)19-31(46)53-39-27(6)51-33(22-41(39,7)8)54-36-26(5)52-40(35(48)34(36)42(9)10)55-37-28(17-18-43)20-24(3)29(44)16-14-12-13-15-25(4)50-32(47)21-30(45)38(37)49-11/h12-14,16,18,23-30,33-40,44-45,48H,15,17,19-22H2,1-11H3/b13-12+,16-14+/t24-,25-,26?,27?,28+,29+,30-,33?,34?,35?,36?,37+,38+,39?,40?/m1/s1. The minimum absolute atomic E-state index is 0.0264. The molecule has 0 aromatic carbocycles. The van der Waals surface area contributed by atoms with Gasteiger partial charge in [-0.1, -0.05) is 58.9 Å². The fourth-order valence-electron chi connectivity index (χ4n) is 8.03. The van der Waals surface area contributed by atoms with Crippen LogP contribution in [0.15, 0.2) is 24.3 Å². The molecule has 316 valence electrons. The normalized spacial score (nSPS) is 40.7. The molecule has 8 unspecified atom stereocenters. The van der Waals surface area contributed by atoms with Gasteiger partial charge in [0.15, 0.2) is 12.6 Å².